The zero-order chi connectivity index (χ0) is 23.7. The van der Waals surface area contributed by atoms with E-state index in [4.69, 9.17) is 32.7 Å². The number of ether oxygens (including phenoxy) is 2. The first-order valence-corrected chi connectivity index (χ1v) is 11.7. The van der Waals surface area contributed by atoms with Crippen molar-refractivity contribution in [2.45, 2.75) is 19.9 Å². The Hall–Kier alpha value is -2.87. The van der Waals surface area contributed by atoms with Gasteiger partial charge in [-0.2, -0.15) is 0 Å². The van der Waals surface area contributed by atoms with Crippen LogP contribution in [0.2, 0.25) is 10.0 Å². The highest BCUT2D eigenvalue weighted by Crippen LogP contribution is 2.31. The molecule has 0 aliphatic carbocycles. The molecule has 0 spiro atoms. The van der Waals surface area contributed by atoms with Crippen LogP contribution in [0, 0.1) is 0 Å². The third-order valence-electron chi connectivity index (χ3n) is 5.20. The quantitative estimate of drug-likeness (QED) is 0.492. The second-order valence-corrected chi connectivity index (χ2v) is 9.09. The van der Waals surface area contributed by atoms with E-state index in [1.807, 2.05) is 12.1 Å². The van der Waals surface area contributed by atoms with E-state index in [0.717, 1.165) is 5.56 Å². The summed E-state index contributed by atoms with van der Waals surface area (Å²) in [4.78, 5) is 31.5. The number of hydrogen-bond acceptors (Lipinski definition) is 6. The summed E-state index contributed by atoms with van der Waals surface area (Å²) in [5.74, 6) is 0.163. The fraction of sp³-hybridized carbons (Fsp3) is 0.208. The number of thiazole rings is 1. The maximum atomic E-state index is 13.5. The third kappa shape index (κ3) is 4.49. The lowest BCUT2D eigenvalue weighted by Crippen LogP contribution is -2.39. The Morgan fingerprint density at radius 3 is 2.58 bits per heavy atom. The molecule has 6 nitrogen and oxygen atoms in total. The molecule has 0 N–H and O–H groups in total. The summed E-state index contributed by atoms with van der Waals surface area (Å²) >= 11 is 13.5. The predicted octanol–water partition coefficient (Wildman–Crippen LogP) is 4.11. The van der Waals surface area contributed by atoms with Crippen LogP contribution in [0.15, 0.2) is 63.5 Å². The van der Waals surface area contributed by atoms with Gasteiger partial charge in [-0.05, 0) is 55.3 Å². The second kappa shape index (κ2) is 9.55. The Labute approximate surface area is 204 Å². The molecule has 0 amide bonds. The number of fused-ring (bicyclic) bond motifs is 1. The van der Waals surface area contributed by atoms with E-state index in [0.29, 0.717) is 42.0 Å². The number of carbonyl (C=O) groups is 1. The van der Waals surface area contributed by atoms with Crippen molar-refractivity contribution in [3.63, 3.8) is 0 Å². The van der Waals surface area contributed by atoms with Crippen LogP contribution in [-0.4, -0.2) is 24.3 Å². The lowest BCUT2D eigenvalue weighted by Gasteiger charge is -2.24. The number of nitrogens with zero attached hydrogens (tertiary/aromatic N) is 2. The van der Waals surface area contributed by atoms with E-state index in [1.165, 1.54) is 15.9 Å². The van der Waals surface area contributed by atoms with Crippen molar-refractivity contribution in [1.29, 1.82) is 0 Å². The van der Waals surface area contributed by atoms with Crippen molar-refractivity contribution < 1.29 is 14.3 Å². The van der Waals surface area contributed by atoms with Gasteiger partial charge < -0.3 is 9.47 Å². The Morgan fingerprint density at radius 2 is 1.94 bits per heavy atom. The monoisotopic (exact) mass is 502 g/mol. The van der Waals surface area contributed by atoms with Gasteiger partial charge in [-0.3, -0.25) is 9.36 Å². The summed E-state index contributed by atoms with van der Waals surface area (Å²) in [6, 6.07) is 11.6. The molecule has 0 saturated heterocycles. The number of allylic oxidation sites excluding steroid dienone is 1. The number of carbonyl (C=O) groups excluding carboxylic acids is 1. The molecule has 4 rings (SSSR count). The Kier molecular flexibility index (Phi) is 6.74. The highest BCUT2D eigenvalue weighted by Gasteiger charge is 2.33. The van der Waals surface area contributed by atoms with E-state index in [9.17, 15) is 9.59 Å². The third-order valence-corrected chi connectivity index (χ3v) is 6.74. The molecule has 33 heavy (non-hydrogen) atoms. The molecule has 0 fully saturated rings. The first kappa shape index (κ1) is 23.3. The lowest BCUT2D eigenvalue weighted by molar-refractivity contribution is -0.139. The van der Waals surface area contributed by atoms with Crippen LogP contribution < -0.4 is 19.6 Å². The Balaban J connectivity index is 1.95. The normalized spacial score (nSPS) is 15.8. The van der Waals surface area contributed by atoms with Crippen LogP contribution in [0.5, 0.6) is 5.75 Å². The molecule has 9 heteroatoms. The van der Waals surface area contributed by atoms with E-state index in [1.54, 1.807) is 57.4 Å². The molecule has 0 radical (unpaired) electrons. The van der Waals surface area contributed by atoms with Crippen molar-refractivity contribution in [2.75, 3.05) is 13.7 Å². The van der Waals surface area contributed by atoms with Crippen LogP contribution in [0.25, 0.3) is 6.08 Å². The number of halogens is 2. The summed E-state index contributed by atoms with van der Waals surface area (Å²) in [6.07, 6.45) is 1.71. The summed E-state index contributed by atoms with van der Waals surface area (Å²) in [7, 11) is 1.58. The maximum absolute atomic E-state index is 13.5. The van der Waals surface area contributed by atoms with Crippen molar-refractivity contribution in [3.8, 4) is 5.75 Å². The molecule has 1 atom stereocenters. The summed E-state index contributed by atoms with van der Waals surface area (Å²) in [5, 5.41) is 0.941. The minimum absolute atomic E-state index is 0.213. The molecule has 2 aromatic carbocycles. The van der Waals surface area contributed by atoms with Gasteiger partial charge in [0, 0.05) is 10.0 Å². The molecular formula is C24H20Cl2N2O4S. The van der Waals surface area contributed by atoms with E-state index >= 15 is 0 Å². The minimum Gasteiger partial charge on any atom is -0.497 e. The number of hydrogen-bond donors (Lipinski definition) is 0. The van der Waals surface area contributed by atoms with Gasteiger partial charge in [-0.25, -0.2) is 9.79 Å². The molecule has 3 aromatic rings. The van der Waals surface area contributed by atoms with Crippen LogP contribution in [0.3, 0.4) is 0 Å². The van der Waals surface area contributed by atoms with Gasteiger partial charge in [-0.15, -0.1) is 0 Å². The summed E-state index contributed by atoms with van der Waals surface area (Å²) in [6.45, 7) is 3.70. The molecule has 0 bridgehead atoms. The first-order valence-electron chi connectivity index (χ1n) is 10.1. The number of rotatable bonds is 5. The van der Waals surface area contributed by atoms with Crippen LogP contribution in [-0.2, 0) is 9.53 Å². The van der Waals surface area contributed by atoms with Crippen LogP contribution >= 0.6 is 34.5 Å². The predicted molar refractivity (Wildman–Crippen MR) is 130 cm³/mol. The fourth-order valence-corrected chi connectivity index (χ4v) is 5.15. The van der Waals surface area contributed by atoms with Gasteiger partial charge in [0.25, 0.3) is 5.56 Å². The zero-order valence-electron chi connectivity index (χ0n) is 18.1. The largest absolute Gasteiger partial charge is 0.497 e. The molecule has 1 aliphatic heterocycles. The van der Waals surface area contributed by atoms with Crippen LogP contribution in [0.1, 0.15) is 31.0 Å². The van der Waals surface area contributed by atoms with Crippen molar-refractivity contribution >= 4 is 46.6 Å². The van der Waals surface area contributed by atoms with E-state index in [2.05, 4.69) is 4.99 Å². The zero-order valence-corrected chi connectivity index (χ0v) is 20.4. The minimum atomic E-state index is -0.686. The van der Waals surface area contributed by atoms with Crippen molar-refractivity contribution in [2.24, 2.45) is 4.99 Å². The van der Waals surface area contributed by atoms with Gasteiger partial charge in [0.05, 0.1) is 35.6 Å². The smallest absolute Gasteiger partial charge is 0.338 e. The molecular weight excluding hydrogens is 483 g/mol. The average Bonchev–Trinajstić information content (AvgIpc) is 3.09. The lowest BCUT2D eigenvalue weighted by atomic mass is 9.96. The first-order chi connectivity index (χ1) is 15.8. The highest BCUT2D eigenvalue weighted by molar-refractivity contribution is 7.07. The molecule has 1 aliphatic rings. The maximum Gasteiger partial charge on any atom is 0.338 e. The molecule has 1 unspecified atom stereocenters. The Bertz CT molecular complexity index is 1440. The van der Waals surface area contributed by atoms with Crippen molar-refractivity contribution in [3.05, 3.63) is 94.6 Å². The second-order valence-electron chi connectivity index (χ2n) is 7.24. The fourth-order valence-electron chi connectivity index (χ4n) is 3.65. The van der Waals surface area contributed by atoms with Gasteiger partial charge in [0.2, 0.25) is 0 Å². The number of aromatic nitrogens is 1. The number of methoxy groups -OCH3 is 1. The topological polar surface area (TPSA) is 69.9 Å². The van der Waals surface area contributed by atoms with E-state index in [-0.39, 0.29) is 12.2 Å². The van der Waals surface area contributed by atoms with Gasteiger partial charge >= 0.3 is 5.97 Å². The van der Waals surface area contributed by atoms with Crippen LogP contribution in [0.4, 0.5) is 0 Å². The summed E-state index contributed by atoms with van der Waals surface area (Å²) in [5.41, 5.74) is 1.95. The van der Waals surface area contributed by atoms with Crippen molar-refractivity contribution in [1.82, 2.24) is 4.57 Å². The molecule has 170 valence electrons. The number of esters is 1. The van der Waals surface area contributed by atoms with Gasteiger partial charge in [0.15, 0.2) is 4.80 Å². The van der Waals surface area contributed by atoms with E-state index < -0.39 is 12.0 Å². The van der Waals surface area contributed by atoms with Gasteiger partial charge in [-0.1, -0.05) is 52.7 Å². The Morgan fingerprint density at radius 1 is 1.21 bits per heavy atom. The molecule has 1 aromatic heterocycles. The molecule has 2 heterocycles. The number of benzene rings is 2. The standard InChI is InChI=1S/C24H20Cl2N2O4S/c1-4-32-23(30)20-13(2)27-24-28(21(20)14-6-9-17(31-3)10-7-14)22(29)19(33-24)11-15-5-8-16(25)12-18(15)26/h5-12,21H,4H2,1-3H3/b19-11-. The SMILES string of the molecule is CCOC(=O)C1=C(C)N=c2s/c(=C\c3ccc(Cl)cc3Cl)c(=O)n2C1c1ccc(OC)cc1. The summed E-state index contributed by atoms with van der Waals surface area (Å²) < 4.78 is 12.5. The molecule has 0 saturated carbocycles. The highest BCUT2D eigenvalue weighted by atomic mass is 35.5. The van der Waals surface area contributed by atoms with Gasteiger partial charge in [0.1, 0.15) is 5.75 Å². The average molecular weight is 503 g/mol.